The number of hydrogen-bond donors (Lipinski definition) is 2. The summed E-state index contributed by atoms with van der Waals surface area (Å²) in [6.07, 6.45) is 4.45. The zero-order chi connectivity index (χ0) is 8.27. The van der Waals surface area contributed by atoms with Gasteiger partial charge in [0, 0.05) is 6.54 Å². The van der Waals surface area contributed by atoms with Crippen molar-refractivity contribution in [2.24, 2.45) is 17.6 Å². The second-order valence-corrected chi connectivity index (χ2v) is 3.22. The van der Waals surface area contributed by atoms with Crippen LogP contribution in [-0.2, 0) is 4.79 Å². The molecule has 0 bridgehead atoms. The molecule has 1 aliphatic carbocycles. The van der Waals surface area contributed by atoms with Crippen LogP contribution in [0, 0.1) is 11.8 Å². The zero-order valence-electron chi connectivity index (χ0n) is 6.62. The first kappa shape index (κ1) is 8.53. The van der Waals surface area contributed by atoms with Gasteiger partial charge in [0.25, 0.3) is 0 Å². The third-order valence-corrected chi connectivity index (χ3v) is 2.54. The average Bonchev–Trinajstić information content (AvgIpc) is 2.40. The van der Waals surface area contributed by atoms with Crippen LogP contribution in [0.4, 0.5) is 0 Å². The second-order valence-electron chi connectivity index (χ2n) is 3.22. The monoisotopic (exact) mass is 157 g/mol. The Kier molecular flexibility index (Phi) is 2.88. The molecule has 11 heavy (non-hydrogen) atoms. The van der Waals surface area contributed by atoms with E-state index in [1.807, 2.05) is 0 Å². The summed E-state index contributed by atoms with van der Waals surface area (Å²) in [5.41, 5.74) is 5.37. The lowest BCUT2D eigenvalue weighted by Gasteiger charge is -2.16. The third-order valence-electron chi connectivity index (χ3n) is 2.54. The van der Waals surface area contributed by atoms with Crippen LogP contribution in [0.25, 0.3) is 0 Å². The van der Waals surface area contributed by atoms with E-state index < -0.39 is 5.97 Å². The first-order chi connectivity index (χ1) is 5.25. The van der Waals surface area contributed by atoms with Gasteiger partial charge in [0.05, 0.1) is 5.92 Å². The molecular weight excluding hydrogens is 142 g/mol. The molecule has 1 unspecified atom stereocenters. The van der Waals surface area contributed by atoms with Crippen molar-refractivity contribution in [3.8, 4) is 0 Å². The molecule has 1 saturated carbocycles. The van der Waals surface area contributed by atoms with Crippen molar-refractivity contribution in [2.45, 2.75) is 25.7 Å². The molecule has 0 heterocycles. The van der Waals surface area contributed by atoms with E-state index in [0.29, 0.717) is 12.5 Å². The summed E-state index contributed by atoms with van der Waals surface area (Å²) in [5, 5.41) is 8.75. The molecule has 0 aromatic carbocycles. The van der Waals surface area contributed by atoms with Crippen molar-refractivity contribution in [3.63, 3.8) is 0 Å². The number of carbonyl (C=O) groups is 1. The molecule has 0 saturated heterocycles. The summed E-state index contributed by atoms with van der Waals surface area (Å²) in [7, 11) is 0. The predicted octanol–water partition coefficient (Wildman–Crippen LogP) is 0.836. The Labute approximate surface area is 66.6 Å². The fourth-order valence-corrected chi connectivity index (χ4v) is 1.85. The lowest BCUT2D eigenvalue weighted by atomic mass is 9.91. The summed E-state index contributed by atoms with van der Waals surface area (Å²) in [6.45, 7) is 0.292. The van der Waals surface area contributed by atoms with Crippen molar-refractivity contribution >= 4 is 5.97 Å². The van der Waals surface area contributed by atoms with Crippen LogP contribution in [-0.4, -0.2) is 17.6 Å². The molecule has 0 aliphatic heterocycles. The minimum atomic E-state index is -0.723. The number of carboxylic acid groups (broad SMARTS) is 1. The maximum absolute atomic E-state index is 10.6. The standard InChI is InChI=1S/C8H15NO2/c9-5-7(8(10)11)6-3-1-2-4-6/h6-7H,1-5,9H2,(H,10,11). The van der Waals surface area contributed by atoms with Crippen LogP contribution in [0.2, 0.25) is 0 Å². The van der Waals surface area contributed by atoms with E-state index in [-0.39, 0.29) is 5.92 Å². The minimum Gasteiger partial charge on any atom is -0.481 e. The summed E-state index contributed by atoms with van der Waals surface area (Å²) in [6, 6.07) is 0. The van der Waals surface area contributed by atoms with E-state index >= 15 is 0 Å². The molecule has 1 aliphatic rings. The van der Waals surface area contributed by atoms with Crippen LogP contribution in [0.3, 0.4) is 0 Å². The van der Waals surface area contributed by atoms with Crippen molar-refractivity contribution in [3.05, 3.63) is 0 Å². The number of aliphatic carboxylic acids is 1. The van der Waals surface area contributed by atoms with Crippen molar-refractivity contribution in [2.75, 3.05) is 6.54 Å². The number of rotatable bonds is 3. The quantitative estimate of drug-likeness (QED) is 0.638. The Bertz CT molecular complexity index is 141. The van der Waals surface area contributed by atoms with E-state index in [9.17, 15) is 4.79 Å². The van der Waals surface area contributed by atoms with Gasteiger partial charge in [-0.15, -0.1) is 0 Å². The zero-order valence-corrected chi connectivity index (χ0v) is 6.62. The van der Waals surface area contributed by atoms with Gasteiger partial charge in [0.15, 0.2) is 0 Å². The molecule has 0 amide bonds. The van der Waals surface area contributed by atoms with E-state index in [2.05, 4.69) is 0 Å². The molecule has 0 spiro atoms. The molecule has 0 aromatic heterocycles. The van der Waals surface area contributed by atoms with Gasteiger partial charge in [-0.3, -0.25) is 4.79 Å². The SMILES string of the molecule is NCC(C(=O)O)C1CCCC1. The van der Waals surface area contributed by atoms with Crippen LogP contribution in [0.5, 0.6) is 0 Å². The van der Waals surface area contributed by atoms with Crippen molar-refractivity contribution in [1.29, 1.82) is 0 Å². The molecule has 3 nitrogen and oxygen atoms in total. The van der Waals surface area contributed by atoms with Crippen LogP contribution < -0.4 is 5.73 Å². The smallest absolute Gasteiger partial charge is 0.308 e. The average molecular weight is 157 g/mol. The fourth-order valence-electron chi connectivity index (χ4n) is 1.85. The van der Waals surface area contributed by atoms with Gasteiger partial charge >= 0.3 is 5.97 Å². The van der Waals surface area contributed by atoms with Gasteiger partial charge < -0.3 is 10.8 Å². The van der Waals surface area contributed by atoms with Crippen molar-refractivity contribution in [1.82, 2.24) is 0 Å². The first-order valence-corrected chi connectivity index (χ1v) is 4.18. The molecule has 64 valence electrons. The molecule has 1 fully saturated rings. The Hall–Kier alpha value is -0.570. The van der Waals surface area contributed by atoms with E-state index in [1.54, 1.807) is 0 Å². The molecular formula is C8H15NO2. The van der Waals surface area contributed by atoms with Gasteiger partial charge in [-0.2, -0.15) is 0 Å². The first-order valence-electron chi connectivity index (χ1n) is 4.18. The summed E-state index contributed by atoms with van der Waals surface area (Å²) >= 11 is 0. The molecule has 1 atom stereocenters. The summed E-state index contributed by atoms with van der Waals surface area (Å²) in [5.74, 6) is -0.672. The fraction of sp³-hybridized carbons (Fsp3) is 0.875. The number of hydrogen-bond acceptors (Lipinski definition) is 2. The van der Waals surface area contributed by atoms with Crippen LogP contribution in [0.15, 0.2) is 0 Å². The lowest BCUT2D eigenvalue weighted by molar-refractivity contribution is -0.143. The number of carboxylic acids is 1. The Balaban J connectivity index is 2.46. The van der Waals surface area contributed by atoms with Crippen molar-refractivity contribution < 1.29 is 9.90 Å². The van der Waals surface area contributed by atoms with Gasteiger partial charge in [-0.25, -0.2) is 0 Å². The highest BCUT2D eigenvalue weighted by atomic mass is 16.4. The minimum absolute atomic E-state index is 0.292. The topological polar surface area (TPSA) is 63.3 Å². The van der Waals surface area contributed by atoms with Gasteiger partial charge in [-0.05, 0) is 18.8 Å². The van der Waals surface area contributed by atoms with Gasteiger partial charge in [0.1, 0.15) is 0 Å². The lowest BCUT2D eigenvalue weighted by Crippen LogP contribution is -2.29. The molecule has 0 radical (unpaired) electrons. The Morgan fingerprint density at radius 1 is 1.55 bits per heavy atom. The van der Waals surface area contributed by atoms with E-state index in [1.165, 1.54) is 12.8 Å². The molecule has 0 aromatic rings. The maximum atomic E-state index is 10.6. The third kappa shape index (κ3) is 1.93. The summed E-state index contributed by atoms with van der Waals surface area (Å²) in [4.78, 5) is 10.6. The predicted molar refractivity (Wildman–Crippen MR) is 42.1 cm³/mol. The Morgan fingerprint density at radius 3 is 2.45 bits per heavy atom. The normalized spacial score (nSPS) is 21.9. The molecule has 3 heteroatoms. The maximum Gasteiger partial charge on any atom is 0.308 e. The van der Waals surface area contributed by atoms with Gasteiger partial charge in [-0.1, -0.05) is 12.8 Å². The van der Waals surface area contributed by atoms with Gasteiger partial charge in [0.2, 0.25) is 0 Å². The van der Waals surface area contributed by atoms with Crippen LogP contribution in [0.1, 0.15) is 25.7 Å². The highest BCUT2D eigenvalue weighted by Gasteiger charge is 2.28. The second kappa shape index (κ2) is 3.72. The highest BCUT2D eigenvalue weighted by Crippen LogP contribution is 2.30. The summed E-state index contributed by atoms with van der Waals surface area (Å²) < 4.78 is 0. The largest absolute Gasteiger partial charge is 0.481 e. The van der Waals surface area contributed by atoms with E-state index in [0.717, 1.165) is 12.8 Å². The Morgan fingerprint density at radius 2 is 2.09 bits per heavy atom. The molecule has 3 N–H and O–H groups in total. The molecule has 1 rings (SSSR count). The van der Waals surface area contributed by atoms with E-state index in [4.69, 9.17) is 10.8 Å². The van der Waals surface area contributed by atoms with Crippen LogP contribution >= 0.6 is 0 Å². The highest BCUT2D eigenvalue weighted by molar-refractivity contribution is 5.70. The number of nitrogens with two attached hydrogens (primary N) is 1.